The Kier molecular flexibility index (Phi) is 9.13. The van der Waals surface area contributed by atoms with Gasteiger partial charge in [0.1, 0.15) is 11.5 Å². The van der Waals surface area contributed by atoms with E-state index < -0.39 is 0 Å². The van der Waals surface area contributed by atoms with Gasteiger partial charge in [-0.25, -0.2) is 9.50 Å². The molecular weight excluding hydrogens is 468 g/mol. The fourth-order valence-electron chi connectivity index (χ4n) is 5.68. The number of nitrogens with zero attached hydrogens (tertiary/aromatic N) is 3. The Labute approximate surface area is 228 Å². The van der Waals surface area contributed by atoms with Crippen molar-refractivity contribution in [3.63, 3.8) is 0 Å². The van der Waals surface area contributed by atoms with E-state index in [2.05, 4.69) is 84.5 Å². The molecule has 0 radical (unpaired) electrons. The maximum Gasteiger partial charge on any atom is 0.155 e. The second kappa shape index (κ2) is 13.1. The number of rotatable bonds is 12. The predicted molar refractivity (Wildman–Crippen MR) is 159 cm³/mol. The zero-order chi connectivity index (χ0) is 26.2. The summed E-state index contributed by atoms with van der Waals surface area (Å²) in [6.07, 6.45) is 20.8. The highest BCUT2D eigenvalue weighted by molar-refractivity contribution is 5.85. The van der Waals surface area contributed by atoms with Gasteiger partial charge in [0.15, 0.2) is 5.65 Å². The highest BCUT2D eigenvalue weighted by Crippen LogP contribution is 2.32. The number of imidazole rings is 1. The van der Waals surface area contributed by atoms with Crippen molar-refractivity contribution in [3.05, 3.63) is 66.0 Å². The monoisotopic (exact) mass is 512 g/mol. The molecule has 1 saturated carbocycles. The first-order chi connectivity index (χ1) is 18.7. The van der Waals surface area contributed by atoms with Crippen LogP contribution in [0.5, 0.6) is 0 Å². The molecule has 1 aromatic carbocycles. The van der Waals surface area contributed by atoms with Gasteiger partial charge < -0.3 is 10.6 Å². The molecular formula is C32H44N6. The first-order valence-corrected chi connectivity index (χ1v) is 14.8. The maximum atomic E-state index is 5.08. The maximum absolute atomic E-state index is 5.08. The number of anilines is 1. The third-order valence-electron chi connectivity index (χ3n) is 7.78. The smallest absolute Gasteiger partial charge is 0.155 e. The fourth-order valence-corrected chi connectivity index (χ4v) is 5.68. The van der Waals surface area contributed by atoms with Gasteiger partial charge in [-0.3, -0.25) is 5.32 Å². The van der Waals surface area contributed by atoms with Crippen molar-refractivity contribution in [1.29, 1.82) is 0 Å². The zero-order valence-electron chi connectivity index (χ0n) is 23.2. The highest BCUT2D eigenvalue weighted by atomic mass is 15.3. The van der Waals surface area contributed by atoms with E-state index in [1.54, 1.807) is 0 Å². The van der Waals surface area contributed by atoms with Crippen LogP contribution in [0.25, 0.3) is 22.5 Å². The summed E-state index contributed by atoms with van der Waals surface area (Å²) in [5, 5.41) is 15.9. The third kappa shape index (κ3) is 6.65. The lowest BCUT2D eigenvalue weighted by Gasteiger charge is -2.23. The molecule has 0 saturated heterocycles. The molecule has 38 heavy (non-hydrogen) atoms. The van der Waals surface area contributed by atoms with Crippen LogP contribution in [0, 0.1) is 6.92 Å². The number of allylic oxidation sites excluding steroid dienone is 2. The van der Waals surface area contributed by atoms with Gasteiger partial charge >= 0.3 is 0 Å². The van der Waals surface area contributed by atoms with Gasteiger partial charge in [0.25, 0.3) is 0 Å². The van der Waals surface area contributed by atoms with Gasteiger partial charge in [-0.1, -0.05) is 82.1 Å². The van der Waals surface area contributed by atoms with Gasteiger partial charge in [0.05, 0.1) is 11.9 Å². The molecule has 3 aromatic rings. The van der Waals surface area contributed by atoms with Crippen LogP contribution in [-0.2, 0) is 0 Å². The molecule has 5 rings (SSSR count). The van der Waals surface area contributed by atoms with E-state index in [1.807, 2.05) is 4.52 Å². The molecule has 2 aliphatic rings. The molecule has 0 bridgehead atoms. The zero-order valence-corrected chi connectivity index (χ0v) is 23.2. The fraction of sp³-hybridized carbons (Fsp3) is 0.500. The van der Waals surface area contributed by atoms with Crippen molar-refractivity contribution in [2.75, 3.05) is 11.9 Å². The Morgan fingerprint density at radius 3 is 2.68 bits per heavy atom. The molecule has 3 N–H and O–H groups in total. The molecule has 202 valence electrons. The Morgan fingerprint density at radius 1 is 1.00 bits per heavy atom. The first-order valence-electron chi connectivity index (χ1n) is 14.8. The summed E-state index contributed by atoms with van der Waals surface area (Å²) in [4.78, 5) is 5.08. The van der Waals surface area contributed by atoms with Crippen molar-refractivity contribution >= 4 is 17.0 Å². The van der Waals surface area contributed by atoms with Crippen molar-refractivity contribution in [2.45, 2.75) is 96.7 Å². The van der Waals surface area contributed by atoms with E-state index in [0.29, 0.717) is 6.04 Å². The minimum absolute atomic E-state index is 0.0881. The number of fused-ring (bicyclic) bond motifs is 1. The summed E-state index contributed by atoms with van der Waals surface area (Å²) in [7, 11) is 0. The van der Waals surface area contributed by atoms with Crippen LogP contribution in [0.3, 0.4) is 0 Å². The SMILES string of the molecule is CCCCCCCCNC1C=C(c2c(-c3cccc(C)c3)nc3ccc(NC4CCCCC4)nn23)C=CN1. The standard InChI is InChI=1S/C32H44N6/c1-3-4-5-6-7-11-20-33-29-23-26(19-21-34-29)32-31(25-14-12-13-24(2)22-25)36-30-18-17-28(37-38(30)32)35-27-15-9-8-10-16-27/h12-14,17-19,21-23,27,29,33-34H,3-11,15-16,20H2,1-2H3,(H,35,37). The van der Waals surface area contributed by atoms with E-state index in [0.717, 1.165) is 40.5 Å². The number of hydrogen-bond acceptors (Lipinski definition) is 5. The molecule has 3 heterocycles. The Hall–Kier alpha value is -3.12. The second-order valence-electron chi connectivity index (χ2n) is 11.0. The number of aromatic nitrogens is 3. The van der Waals surface area contributed by atoms with Crippen LogP contribution in [0.4, 0.5) is 5.82 Å². The number of dihydropyridines is 1. The van der Waals surface area contributed by atoms with Crippen LogP contribution in [-0.4, -0.2) is 33.4 Å². The van der Waals surface area contributed by atoms with Gasteiger partial charge in [-0.2, -0.15) is 0 Å². The highest BCUT2D eigenvalue weighted by Gasteiger charge is 2.21. The lowest BCUT2D eigenvalue weighted by Crippen LogP contribution is -2.39. The minimum Gasteiger partial charge on any atom is -0.372 e. The number of benzene rings is 1. The lowest BCUT2D eigenvalue weighted by molar-refractivity contribution is 0.461. The molecule has 1 unspecified atom stereocenters. The van der Waals surface area contributed by atoms with Gasteiger partial charge in [-0.15, -0.1) is 5.10 Å². The topological polar surface area (TPSA) is 66.3 Å². The molecule has 1 atom stereocenters. The van der Waals surface area contributed by atoms with E-state index in [4.69, 9.17) is 10.1 Å². The van der Waals surface area contributed by atoms with Crippen molar-refractivity contribution in [3.8, 4) is 11.3 Å². The van der Waals surface area contributed by atoms with Gasteiger partial charge in [0.2, 0.25) is 0 Å². The van der Waals surface area contributed by atoms with E-state index >= 15 is 0 Å². The van der Waals surface area contributed by atoms with Gasteiger partial charge in [0, 0.05) is 17.2 Å². The summed E-state index contributed by atoms with van der Waals surface area (Å²) in [6, 6.07) is 13.3. The third-order valence-corrected chi connectivity index (χ3v) is 7.78. The summed E-state index contributed by atoms with van der Waals surface area (Å²) in [5.74, 6) is 0.926. The van der Waals surface area contributed by atoms with Crippen LogP contribution in [0.2, 0.25) is 0 Å². The van der Waals surface area contributed by atoms with Crippen molar-refractivity contribution in [1.82, 2.24) is 25.2 Å². The summed E-state index contributed by atoms with van der Waals surface area (Å²) < 4.78 is 2.04. The number of hydrogen-bond donors (Lipinski definition) is 3. The number of aryl methyl sites for hydroxylation is 1. The lowest BCUT2D eigenvalue weighted by atomic mass is 9.95. The van der Waals surface area contributed by atoms with Gasteiger partial charge in [-0.05, 0) is 69.3 Å². The molecule has 1 fully saturated rings. The van der Waals surface area contributed by atoms with E-state index in [-0.39, 0.29) is 6.17 Å². The number of nitrogens with one attached hydrogen (secondary N) is 3. The molecule has 2 aromatic heterocycles. The average molecular weight is 513 g/mol. The Morgan fingerprint density at radius 2 is 1.84 bits per heavy atom. The summed E-state index contributed by atoms with van der Waals surface area (Å²) >= 11 is 0. The molecule has 6 nitrogen and oxygen atoms in total. The minimum atomic E-state index is 0.0881. The Balaban J connectivity index is 1.41. The largest absolute Gasteiger partial charge is 0.372 e. The quantitative estimate of drug-likeness (QED) is 0.224. The van der Waals surface area contributed by atoms with Crippen LogP contribution >= 0.6 is 0 Å². The average Bonchev–Trinajstić information content (AvgIpc) is 3.32. The normalized spacial score (nSPS) is 17.9. The second-order valence-corrected chi connectivity index (χ2v) is 11.0. The first kappa shape index (κ1) is 26.5. The summed E-state index contributed by atoms with van der Waals surface area (Å²) in [6.45, 7) is 5.41. The van der Waals surface area contributed by atoms with E-state index in [9.17, 15) is 0 Å². The molecule has 1 aliphatic carbocycles. The molecule has 0 spiro atoms. The Bertz CT molecular complexity index is 1250. The van der Waals surface area contributed by atoms with Crippen LogP contribution in [0.1, 0.15) is 88.8 Å². The molecule has 0 amide bonds. The molecule has 6 heteroatoms. The van der Waals surface area contributed by atoms with E-state index in [1.165, 1.54) is 76.2 Å². The number of unbranched alkanes of at least 4 members (excludes halogenated alkanes) is 5. The summed E-state index contributed by atoms with van der Waals surface area (Å²) in [5.41, 5.74) is 6.37. The molecule has 1 aliphatic heterocycles. The van der Waals surface area contributed by atoms with Crippen LogP contribution in [0.15, 0.2) is 54.8 Å². The van der Waals surface area contributed by atoms with Crippen molar-refractivity contribution < 1.29 is 0 Å². The predicted octanol–water partition coefficient (Wildman–Crippen LogP) is 7.23. The van der Waals surface area contributed by atoms with Crippen LogP contribution < -0.4 is 16.0 Å². The van der Waals surface area contributed by atoms with Crippen molar-refractivity contribution in [2.24, 2.45) is 0 Å².